The van der Waals surface area contributed by atoms with E-state index < -0.39 is 7.14 Å². The largest absolute Gasteiger partial charge is 0.323 e. The first-order valence-corrected chi connectivity index (χ1v) is 6.15. The van der Waals surface area contributed by atoms with Crippen LogP contribution in [0.3, 0.4) is 0 Å². The maximum absolute atomic E-state index is 12.0. The topological polar surface area (TPSA) is 17.1 Å². The van der Waals surface area contributed by atoms with Crippen molar-refractivity contribution >= 4 is 7.14 Å². The van der Waals surface area contributed by atoms with Crippen LogP contribution in [0.25, 0.3) is 0 Å². The van der Waals surface area contributed by atoms with Crippen LogP contribution in [0.5, 0.6) is 0 Å². The molecule has 0 N–H and O–H groups in total. The first kappa shape index (κ1) is 8.33. The first-order valence-electron chi connectivity index (χ1n) is 3.93. The van der Waals surface area contributed by atoms with Gasteiger partial charge in [0.05, 0.1) is 7.14 Å². The molecule has 1 rings (SSSR count). The lowest BCUT2D eigenvalue weighted by Crippen LogP contribution is -2.16. The van der Waals surface area contributed by atoms with E-state index in [-0.39, 0.29) is 5.16 Å². The molecule has 0 saturated heterocycles. The second-order valence-corrected chi connectivity index (χ2v) is 8.44. The van der Waals surface area contributed by atoms with E-state index in [4.69, 9.17) is 0 Å². The van der Waals surface area contributed by atoms with Crippen LogP contribution in [0.15, 0.2) is 0 Å². The number of rotatable bonds is 1. The average molecular weight is 160 g/mol. The normalized spacial score (nSPS) is 26.0. The van der Waals surface area contributed by atoms with Gasteiger partial charge in [-0.3, -0.25) is 0 Å². The zero-order valence-electron chi connectivity index (χ0n) is 7.35. The highest BCUT2D eigenvalue weighted by Crippen LogP contribution is 2.65. The quantitative estimate of drug-likeness (QED) is 0.539. The number of hydrogen-bond acceptors (Lipinski definition) is 1. The zero-order valence-corrected chi connectivity index (χ0v) is 8.24. The molecular weight excluding hydrogens is 143 g/mol. The highest BCUT2D eigenvalue weighted by molar-refractivity contribution is 7.65. The Hall–Kier alpha value is 0.230. The van der Waals surface area contributed by atoms with Crippen LogP contribution < -0.4 is 0 Å². The lowest BCUT2D eigenvalue weighted by Gasteiger charge is -2.27. The molecule has 0 aromatic rings. The van der Waals surface area contributed by atoms with E-state index >= 15 is 0 Å². The molecule has 0 aliphatic heterocycles. The second kappa shape index (κ2) is 2.11. The molecule has 0 heterocycles. The Balaban J connectivity index is 2.76. The van der Waals surface area contributed by atoms with Gasteiger partial charge >= 0.3 is 0 Å². The van der Waals surface area contributed by atoms with Crippen LogP contribution in [0.2, 0.25) is 0 Å². The van der Waals surface area contributed by atoms with E-state index in [1.54, 1.807) is 0 Å². The maximum atomic E-state index is 12.0. The molecule has 10 heavy (non-hydrogen) atoms. The average Bonchev–Trinajstić information content (AvgIpc) is 2.38. The summed E-state index contributed by atoms with van der Waals surface area (Å²) in [7, 11) is -1.84. The Kier molecular flexibility index (Phi) is 1.75. The van der Waals surface area contributed by atoms with Crippen molar-refractivity contribution in [1.29, 1.82) is 0 Å². The minimum absolute atomic E-state index is 0.0359. The molecule has 1 saturated carbocycles. The highest BCUT2D eigenvalue weighted by Gasteiger charge is 2.44. The molecule has 0 amide bonds. The third-order valence-electron chi connectivity index (χ3n) is 2.58. The fraction of sp³-hybridized carbons (Fsp3) is 1.00. The molecule has 0 aromatic carbocycles. The van der Waals surface area contributed by atoms with Gasteiger partial charge in [-0.1, -0.05) is 20.8 Å². The van der Waals surface area contributed by atoms with Crippen molar-refractivity contribution in [3.05, 3.63) is 0 Å². The molecule has 2 heteroatoms. The Labute approximate surface area is 63.6 Å². The van der Waals surface area contributed by atoms with E-state index in [0.717, 1.165) is 0 Å². The summed E-state index contributed by atoms with van der Waals surface area (Å²) in [5.41, 5.74) is 0.562. The second-order valence-electron chi connectivity index (χ2n) is 4.39. The molecule has 1 unspecified atom stereocenters. The third-order valence-corrected chi connectivity index (χ3v) is 7.15. The third kappa shape index (κ3) is 1.29. The van der Waals surface area contributed by atoms with Crippen molar-refractivity contribution in [1.82, 2.24) is 0 Å². The molecule has 1 nitrogen and oxygen atoms in total. The standard InChI is InChI=1S/C8H17OP/c1-8(2,3)10(4,9)7-5-6-7/h7H,5-6H2,1-4H3. The summed E-state index contributed by atoms with van der Waals surface area (Å²) in [6, 6.07) is 0. The summed E-state index contributed by atoms with van der Waals surface area (Å²) in [6.07, 6.45) is 2.40. The fourth-order valence-corrected chi connectivity index (χ4v) is 3.34. The minimum atomic E-state index is -1.84. The van der Waals surface area contributed by atoms with Crippen molar-refractivity contribution < 1.29 is 4.57 Å². The van der Waals surface area contributed by atoms with Gasteiger partial charge in [0.2, 0.25) is 0 Å². The van der Waals surface area contributed by atoms with Crippen LogP contribution in [-0.2, 0) is 4.57 Å². The molecule has 1 atom stereocenters. The Morgan fingerprint density at radius 2 is 1.70 bits per heavy atom. The van der Waals surface area contributed by atoms with E-state index in [0.29, 0.717) is 5.66 Å². The van der Waals surface area contributed by atoms with Gasteiger partial charge in [-0.25, -0.2) is 0 Å². The summed E-state index contributed by atoms with van der Waals surface area (Å²) in [5.74, 6) is 0. The Bertz CT molecular complexity index is 174. The lowest BCUT2D eigenvalue weighted by molar-refractivity contribution is 0.551. The molecule has 1 fully saturated rings. The smallest absolute Gasteiger partial charge is 0.0927 e. The SMILES string of the molecule is CC(C)(C)P(C)(=O)C1CC1. The zero-order chi connectivity index (χ0) is 7.99. The van der Waals surface area contributed by atoms with Crippen molar-refractivity contribution in [3.63, 3.8) is 0 Å². The van der Waals surface area contributed by atoms with Gasteiger partial charge in [-0.15, -0.1) is 0 Å². The molecule has 1 aliphatic rings. The minimum Gasteiger partial charge on any atom is -0.323 e. The highest BCUT2D eigenvalue weighted by atomic mass is 31.2. The fourth-order valence-electron chi connectivity index (χ4n) is 1.11. The van der Waals surface area contributed by atoms with Gasteiger partial charge in [-0.2, -0.15) is 0 Å². The van der Waals surface area contributed by atoms with Crippen molar-refractivity contribution in [2.45, 2.75) is 44.4 Å². The summed E-state index contributed by atoms with van der Waals surface area (Å²) in [4.78, 5) is 0. The summed E-state index contributed by atoms with van der Waals surface area (Å²) in [6.45, 7) is 8.23. The molecule has 0 bridgehead atoms. The van der Waals surface area contributed by atoms with Gasteiger partial charge in [0.1, 0.15) is 0 Å². The van der Waals surface area contributed by atoms with Crippen LogP contribution in [0, 0.1) is 0 Å². The lowest BCUT2D eigenvalue weighted by atomic mass is 10.3. The van der Waals surface area contributed by atoms with Crippen LogP contribution in [0.4, 0.5) is 0 Å². The van der Waals surface area contributed by atoms with Crippen molar-refractivity contribution in [2.75, 3.05) is 6.66 Å². The summed E-state index contributed by atoms with van der Waals surface area (Å²) < 4.78 is 12.0. The Morgan fingerprint density at radius 3 is 1.80 bits per heavy atom. The monoisotopic (exact) mass is 160 g/mol. The van der Waals surface area contributed by atoms with Crippen LogP contribution >= 0.6 is 7.14 Å². The van der Waals surface area contributed by atoms with Crippen LogP contribution in [-0.4, -0.2) is 17.5 Å². The molecule has 0 aromatic heterocycles. The van der Waals surface area contributed by atoms with Crippen LogP contribution in [0.1, 0.15) is 33.6 Å². The Morgan fingerprint density at radius 1 is 1.30 bits per heavy atom. The predicted octanol–water partition coefficient (Wildman–Crippen LogP) is 2.94. The van der Waals surface area contributed by atoms with Gasteiger partial charge in [0.25, 0.3) is 0 Å². The predicted molar refractivity (Wildman–Crippen MR) is 46.3 cm³/mol. The molecule has 60 valence electrons. The van der Waals surface area contributed by atoms with Crippen molar-refractivity contribution in [2.24, 2.45) is 0 Å². The number of hydrogen-bond donors (Lipinski definition) is 0. The first-order chi connectivity index (χ1) is 4.36. The molecule has 1 aliphatic carbocycles. The van der Waals surface area contributed by atoms with Gasteiger partial charge < -0.3 is 4.57 Å². The van der Waals surface area contributed by atoms with E-state index in [1.807, 2.05) is 6.66 Å². The molecular formula is C8H17OP. The molecule has 0 radical (unpaired) electrons. The molecule has 0 spiro atoms. The maximum Gasteiger partial charge on any atom is 0.0927 e. The van der Waals surface area contributed by atoms with E-state index in [1.165, 1.54) is 12.8 Å². The van der Waals surface area contributed by atoms with Crippen molar-refractivity contribution in [3.8, 4) is 0 Å². The van der Waals surface area contributed by atoms with Gasteiger partial charge in [0, 0.05) is 10.8 Å². The summed E-state index contributed by atoms with van der Waals surface area (Å²) >= 11 is 0. The van der Waals surface area contributed by atoms with E-state index in [2.05, 4.69) is 20.8 Å². The van der Waals surface area contributed by atoms with Gasteiger partial charge in [-0.05, 0) is 19.5 Å². The summed E-state index contributed by atoms with van der Waals surface area (Å²) in [5, 5.41) is 0.0359. The van der Waals surface area contributed by atoms with Gasteiger partial charge in [0.15, 0.2) is 0 Å². The van der Waals surface area contributed by atoms with E-state index in [9.17, 15) is 4.57 Å².